The van der Waals surface area contributed by atoms with Crippen LogP contribution >= 0.6 is 0 Å². The fourth-order valence-corrected chi connectivity index (χ4v) is 6.01. The number of rotatable bonds is 6. The third-order valence-corrected chi connectivity index (χ3v) is 7.88. The molecule has 0 unspecified atom stereocenters. The average Bonchev–Trinajstić information content (AvgIpc) is 3.32. The molecule has 2 nitrogen and oxygen atoms in total. The molecule has 0 atom stereocenters. The minimum absolute atomic E-state index is 1.16. The zero-order valence-electron chi connectivity index (χ0n) is 20.9. The summed E-state index contributed by atoms with van der Waals surface area (Å²) in [5.74, 6) is 0. The van der Waals surface area contributed by atoms with Crippen LogP contribution in [0.5, 0.6) is 0 Å². The van der Waals surface area contributed by atoms with Crippen molar-refractivity contribution in [2.75, 3.05) is 0 Å². The third kappa shape index (κ3) is 3.08. The first-order valence-corrected chi connectivity index (χ1v) is 13.0. The predicted molar refractivity (Wildman–Crippen MR) is 149 cm³/mol. The fraction of sp³-hybridized carbons (Fsp3) is 0.312. The summed E-state index contributed by atoms with van der Waals surface area (Å²) in [5, 5.41) is 8.11. The van der Waals surface area contributed by atoms with Gasteiger partial charge in [0.25, 0.3) is 0 Å². The Morgan fingerprint density at radius 1 is 0.500 bits per heavy atom. The summed E-state index contributed by atoms with van der Waals surface area (Å²) in [6, 6.07) is 23.5. The number of nitrogens with zero attached hydrogens (tertiary/aromatic N) is 2. The Morgan fingerprint density at radius 3 is 1.24 bits per heavy atom. The van der Waals surface area contributed by atoms with Crippen molar-refractivity contribution < 1.29 is 0 Å². The molecule has 0 bridgehead atoms. The summed E-state index contributed by atoms with van der Waals surface area (Å²) in [7, 11) is 4.47. The second-order valence-electron chi connectivity index (χ2n) is 10.0. The molecule has 0 amide bonds. The van der Waals surface area contributed by atoms with Gasteiger partial charge in [-0.25, -0.2) is 0 Å². The van der Waals surface area contributed by atoms with E-state index < -0.39 is 0 Å². The molecule has 6 aromatic rings. The Labute approximate surface area is 201 Å². The summed E-state index contributed by atoms with van der Waals surface area (Å²) in [6.45, 7) is 4.53. The summed E-state index contributed by atoms with van der Waals surface area (Å²) >= 11 is 0. The molecule has 2 heterocycles. The van der Waals surface area contributed by atoms with Gasteiger partial charge in [-0.1, -0.05) is 75.2 Å². The molecule has 0 spiro atoms. The van der Waals surface area contributed by atoms with Gasteiger partial charge >= 0.3 is 0 Å². The first-order valence-electron chi connectivity index (χ1n) is 13.0. The van der Waals surface area contributed by atoms with E-state index in [2.05, 4.69) is 97.7 Å². The van der Waals surface area contributed by atoms with E-state index in [9.17, 15) is 0 Å². The van der Waals surface area contributed by atoms with Crippen molar-refractivity contribution in [3.63, 3.8) is 0 Å². The zero-order valence-corrected chi connectivity index (χ0v) is 20.9. The van der Waals surface area contributed by atoms with Crippen molar-refractivity contribution in [1.82, 2.24) is 9.13 Å². The van der Waals surface area contributed by atoms with Crippen LogP contribution in [0.15, 0.2) is 60.7 Å². The zero-order chi connectivity index (χ0) is 23.4. The fourth-order valence-electron chi connectivity index (χ4n) is 6.01. The third-order valence-electron chi connectivity index (χ3n) is 7.88. The monoisotopic (exact) mass is 446 g/mol. The van der Waals surface area contributed by atoms with Crippen molar-refractivity contribution in [3.8, 4) is 0 Å². The SMILES string of the molecule is CCCCc1ccc2c3ccc4c(ccc5c6ccc(CCCC)cc6n(C)c54)c3n(C)c2c1. The maximum absolute atomic E-state index is 2.42. The minimum Gasteiger partial charge on any atom is -0.343 e. The van der Waals surface area contributed by atoms with Crippen molar-refractivity contribution in [2.24, 2.45) is 14.1 Å². The van der Waals surface area contributed by atoms with E-state index in [1.807, 2.05) is 0 Å². The Bertz CT molecular complexity index is 1570. The summed E-state index contributed by atoms with van der Waals surface area (Å²) in [5.41, 5.74) is 8.26. The highest BCUT2D eigenvalue weighted by Gasteiger charge is 2.16. The lowest BCUT2D eigenvalue weighted by molar-refractivity contribution is 0.795. The number of aromatic nitrogens is 2. The number of fused-ring (bicyclic) bond motifs is 9. The number of hydrogen-bond donors (Lipinski definition) is 0. The van der Waals surface area contributed by atoms with Crippen LogP contribution in [0.2, 0.25) is 0 Å². The molecular weight excluding hydrogens is 412 g/mol. The van der Waals surface area contributed by atoms with Crippen molar-refractivity contribution in [1.29, 1.82) is 0 Å². The predicted octanol–water partition coefficient (Wildman–Crippen LogP) is 8.81. The lowest BCUT2D eigenvalue weighted by Crippen LogP contribution is -1.92. The summed E-state index contributed by atoms with van der Waals surface area (Å²) in [6.07, 6.45) is 7.28. The number of benzene rings is 4. The minimum atomic E-state index is 1.16. The first kappa shape index (κ1) is 21.3. The lowest BCUT2D eigenvalue weighted by Gasteiger charge is -2.07. The smallest absolute Gasteiger partial charge is 0.0569 e. The van der Waals surface area contributed by atoms with E-state index in [0.29, 0.717) is 0 Å². The molecule has 0 aliphatic carbocycles. The largest absolute Gasteiger partial charge is 0.343 e. The normalized spacial score (nSPS) is 12.2. The van der Waals surface area contributed by atoms with Crippen molar-refractivity contribution in [2.45, 2.75) is 52.4 Å². The van der Waals surface area contributed by atoms with Crippen molar-refractivity contribution in [3.05, 3.63) is 71.8 Å². The molecule has 0 radical (unpaired) electrons. The van der Waals surface area contributed by atoms with E-state index >= 15 is 0 Å². The Morgan fingerprint density at radius 2 is 0.853 bits per heavy atom. The topological polar surface area (TPSA) is 9.86 Å². The number of aryl methyl sites for hydroxylation is 4. The van der Waals surface area contributed by atoms with Gasteiger partial charge in [-0.3, -0.25) is 0 Å². The van der Waals surface area contributed by atoms with Gasteiger partial charge in [-0.05, 0) is 48.9 Å². The summed E-state index contributed by atoms with van der Waals surface area (Å²) in [4.78, 5) is 0. The molecule has 6 rings (SSSR count). The van der Waals surface area contributed by atoms with Gasteiger partial charge in [-0.15, -0.1) is 0 Å². The van der Waals surface area contributed by atoms with E-state index in [1.54, 1.807) is 0 Å². The maximum Gasteiger partial charge on any atom is 0.0569 e. The van der Waals surface area contributed by atoms with Gasteiger partial charge in [0.1, 0.15) is 0 Å². The Hall–Kier alpha value is -3.26. The molecule has 2 aromatic heterocycles. The van der Waals surface area contributed by atoms with E-state index in [1.165, 1.54) is 91.2 Å². The molecular formula is C32H34N2. The maximum atomic E-state index is 2.42. The number of unbranched alkanes of at least 4 members (excludes halogenated alkanes) is 2. The van der Waals surface area contributed by atoms with Gasteiger partial charge in [0.2, 0.25) is 0 Å². The van der Waals surface area contributed by atoms with Crippen molar-refractivity contribution >= 4 is 54.4 Å². The van der Waals surface area contributed by atoms with Gasteiger partial charge in [0.05, 0.1) is 11.0 Å². The van der Waals surface area contributed by atoms with Gasteiger partial charge in [0, 0.05) is 57.4 Å². The van der Waals surface area contributed by atoms with Crippen LogP contribution in [0, 0.1) is 0 Å². The van der Waals surface area contributed by atoms with Crippen LogP contribution in [0.3, 0.4) is 0 Å². The van der Waals surface area contributed by atoms with Crippen LogP contribution in [0.1, 0.15) is 50.7 Å². The second-order valence-corrected chi connectivity index (χ2v) is 10.0. The van der Waals surface area contributed by atoms with Crippen LogP contribution < -0.4 is 0 Å². The van der Waals surface area contributed by atoms with Gasteiger partial charge in [0.15, 0.2) is 0 Å². The molecule has 4 aromatic carbocycles. The van der Waals surface area contributed by atoms with Crippen LogP contribution in [-0.4, -0.2) is 9.13 Å². The molecule has 0 aliphatic heterocycles. The molecule has 0 N–H and O–H groups in total. The van der Waals surface area contributed by atoms with E-state index in [4.69, 9.17) is 0 Å². The molecule has 0 saturated carbocycles. The average molecular weight is 447 g/mol. The lowest BCUT2D eigenvalue weighted by atomic mass is 10.0. The molecule has 2 heteroatoms. The highest BCUT2D eigenvalue weighted by molar-refractivity contribution is 6.25. The molecule has 34 heavy (non-hydrogen) atoms. The van der Waals surface area contributed by atoms with Gasteiger partial charge in [-0.2, -0.15) is 0 Å². The Kier molecular flexibility index (Phi) is 5.13. The molecule has 0 saturated heterocycles. The van der Waals surface area contributed by atoms with Gasteiger partial charge < -0.3 is 9.13 Å². The second kappa shape index (κ2) is 8.20. The Balaban J connectivity index is 1.62. The molecule has 0 aliphatic rings. The van der Waals surface area contributed by atoms with E-state index in [0.717, 1.165) is 12.8 Å². The van der Waals surface area contributed by atoms with Crippen LogP contribution in [0.25, 0.3) is 54.4 Å². The van der Waals surface area contributed by atoms with E-state index in [-0.39, 0.29) is 0 Å². The molecule has 0 fully saturated rings. The standard InChI is InChI=1S/C32H34N2/c1-5-7-9-21-11-13-23-25-15-17-28-27(31(25)33(3)29(23)19-21)18-16-26-24-14-12-22(10-8-6-2)20-30(24)34(4)32(26)28/h11-20H,5-10H2,1-4H3. The highest BCUT2D eigenvalue weighted by atomic mass is 15.0. The number of hydrogen-bond acceptors (Lipinski definition) is 0. The summed E-state index contributed by atoms with van der Waals surface area (Å²) < 4.78 is 4.83. The highest BCUT2D eigenvalue weighted by Crippen LogP contribution is 2.39. The van der Waals surface area contributed by atoms with Crippen LogP contribution in [0.4, 0.5) is 0 Å². The first-order chi connectivity index (χ1) is 16.6. The van der Waals surface area contributed by atoms with Crippen LogP contribution in [-0.2, 0) is 26.9 Å². The quantitative estimate of drug-likeness (QED) is 0.242. The molecule has 172 valence electrons.